The van der Waals surface area contributed by atoms with Gasteiger partial charge in [0.25, 0.3) is 0 Å². The maximum atomic E-state index is 11.2. The van der Waals surface area contributed by atoms with Crippen molar-refractivity contribution < 1.29 is 11.0 Å². The van der Waals surface area contributed by atoms with Gasteiger partial charge in [0.05, 0.1) is 5.69 Å². The van der Waals surface area contributed by atoms with Gasteiger partial charge in [0.2, 0.25) is 0 Å². The highest BCUT2D eigenvalue weighted by atomic mass is 16.7. The second-order valence-corrected chi connectivity index (χ2v) is 2.94. The van der Waals surface area contributed by atoms with E-state index in [2.05, 4.69) is 15.1 Å². The summed E-state index contributed by atoms with van der Waals surface area (Å²) in [7, 11) is 0. The molecular formula is C10H9N3O2. The Bertz CT molecular complexity index is 470. The van der Waals surface area contributed by atoms with Gasteiger partial charge >= 0.3 is 5.97 Å². The predicted octanol–water partition coefficient (Wildman–Crippen LogP) is 1.39. The van der Waals surface area contributed by atoms with Crippen LogP contribution in [-0.4, -0.2) is 17.4 Å². The Balaban J connectivity index is 2.25. The van der Waals surface area contributed by atoms with E-state index in [1.807, 2.05) is 6.07 Å². The number of nitrogens with one attached hydrogen (secondary N) is 1. The molecule has 0 saturated carbocycles. The molecule has 0 atom stereocenters. The highest BCUT2D eigenvalue weighted by Crippen LogP contribution is 2.06. The Morgan fingerprint density at radius 2 is 2.20 bits per heavy atom. The number of hydrogen-bond acceptors (Lipinski definition) is 5. The molecule has 5 heteroatoms. The van der Waals surface area contributed by atoms with Crippen LogP contribution in [0.1, 0.15) is 6.92 Å². The smallest absolute Gasteiger partial charge is 0.311 e. The van der Waals surface area contributed by atoms with Gasteiger partial charge in [0.1, 0.15) is 5.71 Å². The summed E-state index contributed by atoms with van der Waals surface area (Å²) in [4.78, 5) is 15.6. The molecule has 15 heavy (non-hydrogen) atoms. The molecule has 1 aromatic carbocycles. The maximum Gasteiger partial charge on any atom is 0.387 e. The zero-order chi connectivity index (χ0) is 11.5. The highest BCUT2D eigenvalue weighted by Gasteiger charge is 2.24. The van der Waals surface area contributed by atoms with Gasteiger partial charge in [-0.05, 0) is 19.1 Å². The van der Waals surface area contributed by atoms with Crippen molar-refractivity contribution in [3.8, 4) is 0 Å². The van der Waals surface area contributed by atoms with E-state index in [4.69, 9.17) is 1.41 Å². The lowest BCUT2D eigenvalue weighted by atomic mass is 10.3. The summed E-state index contributed by atoms with van der Waals surface area (Å²) in [6.45, 7) is 1.60. The Labute approximate surface area is 87.9 Å². The minimum atomic E-state index is -0.634. The fourth-order valence-corrected chi connectivity index (χ4v) is 1.06. The minimum Gasteiger partial charge on any atom is -0.311 e. The van der Waals surface area contributed by atoms with Crippen molar-refractivity contribution >= 4 is 23.1 Å². The standard InChI is InChI=1S/C10H9N3O2/c1-7-9(10(14)15-13-7)12-11-8-5-3-2-4-6-8/h2-6,11H,1H3/i/hD. The molecule has 1 aromatic rings. The highest BCUT2D eigenvalue weighted by molar-refractivity contribution is 6.66. The number of benzene rings is 1. The van der Waals surface area contributed by atoms with Crippen LogP contribution in [0.4, 0.5) is 5.69 Å². The molecule has 0 fully saturated rings. The Morgan fingerprint density at radius 3 is 2.80 bits per heavy atom. The number of hydrazone groups is 1. The molecular weight excluding hydrogens is 194 g/mol. The number of para-hydroxylation sites is 1. The number of anilines is 1. The molecule has 1 aliphatic rings. The zero-order valence-corrected chi connectivity index (χ0v) is 8.04. The molecule has 0 amide bonds. The Hall–Kier alpha value is -2.17. The van der Waals surface area contributed by atoms with Crippen LogP contribution in [0.25, 0.3) is 0 Å². The zero-order valence-electron chi connectivity index (χ0n) is 9.04. The van der Waals surface area contributed by atoms with E-state index in [0.717, 1.165) is 5.42 Å². The SMILES string of the molecule is [2H]N(N=C1C(=O)ON=C1C)c1ccccc1. The molecule has 76 valence electrons. The average Bonchev–Trinajstić information content (AvgIpc) is 2.62. The summed E-state index contributed by atoms with van der Waals surface area (Å²) in [6.07, 6.45) is 0. The third-order valence-electron chi connectivity index (χ3n) is 1.82. The van der Waals surface area contributed by atoms with Crippen LogP contribution < -0.4 is 5.42 Å². The first-order valence-electron chi connectivity index (χ1n) is 4.82. The monoisotopic (exact) mass is 204 g/mol. The molecule has 0 aliphatic carbocycles. The lowest BCUT2D eigenvalue weighted by molar-refractivity contribution is -0.134. The van der Waals surface area contributed by atoms with Gasteiger partial charge in [-0.3, -0.25) is 5.42 Å². The van der Waals surface area contributed by atoms with Crippen LogP contribution in [0.3, 0.4) is 0 Å². The van der Waals surface area contributed by atoms with Gasteiger partial charge in [0.15, 0.2) is 7.12 Å². The van der Waals surface area contributed by atoms with Crippen LogP contribution in [0.2, 0.25) is 1.41 Å². The van der Waals surface area contributed by atoms with E-state index in [1.165, 1.54) is 0 Å². The van der Waals surface area contributed by atoms with Gasteiger partial charge in [-0.1, -0.05) is 23.4 Å². The predicted molar refractivity (Wildman–Crippen MR) is 56.7 cm³/mol. The van der Waals surface area contributed by atoms with E-state index in [9.17, 15) is 4.79 Å². The van der Waals surface area contributed by atoms with Gasteiger partial charge in [-0.15, -0.1) is 0 Å². The van der Waals surface area contributed by atoms with Crippen molar-refractivity contribution in [2.45, 2.75) is 6.92 Å². The van der Waals surface area contributed by atoms with Crippen molar-refractivity contribution in [2.24, 2.45) is 10.3 Å². The fourth-order valence-electron chi connectivity index (χ4n) is 1.06. The normalized spacial score (nSPS) is 18.5. The Kier molecular flexibility index (Phi) is 2.13. The molecule has 2 rings (SSSR count). The van der Waals surface area contributed by atoms with E-state index >= 15 is 0 Å². The first kappa shape index (κ1) is 8.16. The van der Waals surface area contributed by atoms with Crippen LogP contribution in [0.15, 0.2) is 40.6 Å². The third kappa shape index (κ3) is 2.01. The number of rotatable bonds is 2. The van der Waals surface area contributed by atoms with E-state index in [-0.39, 0.29) is 5.71 Å². The number of carbonyl (C=O) groups is 1. The maximum absolute atomic E-state index is 11.2. The molecule has 0 spiro atoms. The lowest BCUT2D eigenvalue weighted by Crippen LogP contribution is -2.17. The summed E-state index contributed by atoms with van der Waals surface area (Å²) in [5.74, 6) is -0.634. The van der Waals surface area contributed by atoms with Gasteiger partial charge in [-0.25, -0.2) is 4.79 Å². The summed E-state index contributed by atoms with van der Waals surface area (Å²) in [5.41, 5.74) is 1.85. The average molecular weight is 204 g/mol. The van der Waals surface area contributed by atoms with Crippen molar-refractivity contribution in [1.29, 1.82) is 0 Å². The van der Waals surface area contributed by atoms with Crippen LogP contribution in [0, 0.1) is 0 Å². The first-order valence-corrected chi connectivity index (χ1v) is 4.37. The van der Waals surface area contributed by atoms with E-state index in [1.54, 1.807) is 31.2 Å². The van der Waals surface area contributed by atoms with E-state index < -0.39 is 5.97 Å². The largest absolute Gasteiger partial charge is 0.387 e. The summed E-state index contributed by atoms with van der Waals surface area (Å²) in [6, 6.07) is 8.82. The Morgan fingerprint density at radius 1 is 1.47 bits per heavy atom. The number of carbonyl (C=O) groups excluding carboxylic acids is 1. The second-order valence-electron chi connectivity index (χ2n) is 2.94. The molecule has 0 bridgehead atoms. The van der Waals surface area contributed by atoms with Crippen LogP contribution in [0.5, 0.6) is 0 Å². The van der Waals surface area contributed by atoms with Gasteiger partial charge < -0.3 is 4.84 Å². The first-order chi connectivity index (χ1) is 7.68. The van der Waals surface area contributed by atoms with Gasteiger partial charge in [-0.2, -0.15) is 5.10 Å². The van der Waals surface area contributed by atoms with Gasteiger partial charge in [0, 0.05) is 0 Å². The van der Waals surface area contributed by atoms with Crippen molar-refractivity contribution in [1.82, 2.24) is 0 Å². The summed E-state index contributed by atoms with van der Waals surface area (Å²) in [5, 5.41) is 7.29. The van der Waals surface area contributed by atoms with E-state index in [0.29, 0.717) is 11.4 Å². The summed E-state index contributed by atoms with van der Waals surface area (Å²) >= 11 is 0. The topological polar surface area (TPSA) is 63.0 Å². The number of nitrogens with zero attached hydrogens (tertiary/aromatic N) is 2. The molecule has 1 N–H and O–H groups in total. The summed E-state index contributed by atoms with van der Waals surface area (Å²) < 4.78 is 7.64. The quantitative estimate of drug-likeness (QED) is 0.584. The molecule has 0 unspecified atom stereocenters. The van der Waals surface area contributed by atoms with Crippen molar-refractivity contribution in [2.75, 3.05) is 5.42 Å². The van der Waals surface area contributed by atoms with Crippen LogP contribution in [-0.2, 0) is 9.63 Å². The molecule has 1 heterocycles. The fraction of sp³-hybridized carbons (Fsp3) is 0.100. The number of hydrogen-bond donors (Lipinski definition) is 1. The number of oxime groups is 1. The lowest BCUT2D eigenvalue weighted by Gasteiger charge is -1.99. The minimum absolute atomic E-state index is 0.0545. The van der Waals surface area contributed by atoms with Crippen LogP contribution >= 0.6 is 0 Å². The molecule has 0 aromatic heterocycles. The molecule has 1 aliphatic heterocycles. The molecule has 0 radical (unpaired) electrons. The molecule has 0 saturated heterocycles. The molecule has 5 nitrogen and oxygen atoms in total. The third-order valence-corrected chi connectivity index (χ3v) is 1.82. The second kappa shape index (κ2) is 3.91. The van der Waals surface area contributed by atoms with Crippen molar-refractivity contribution in [3.63, 3.8) is 0 Å². The van der Waals surface area contributed by atoms with Crippen molar-refractivity contribution in [3.05, 3.63) is 30.3 Å².